The SMILES string of the molecule is CO[S@](=O)OCC(=O)C(=O)COO[S@](C)=O. The van der Waals surface area contributed by atoms with Gasteiger partial charge in [0.2, 0.25) is 11.6 Å². The predicted octanol–water partition coefficient (Wildman–Crippen LogP) is -1.39. The fourth-order valence-corrected chi connectivity index (χ4v) is 0.939. The molecule has 16 heavy (non-hydrogen) atoms. The molecule has 0 rings (SSSR count). The maximum absolute atomic E-state index is 11.0. The Kier molecular flexibility index (Phi) is 8.33. The Balaban J connectivity index is 3.78. The molecule has 10 heteroatoms. The van der Waals surface area contributed by atoms with E-state index in [0.29, 0.717) is 0 Å². The molecule has 0 spiro atoms. The summed E-state index contributed by atoms with van der Waals surface area (Å²) in [7, 11) is 1.11. The summed E-state index contributed by atoms with van der Waals surface area (Å²) in [5.74, 6) is -1.92. The van der Waals surface area contributed by atoms with Crippen molar-refractivity contribution in [2.75, 3.05) is 26.6 Å². The van der Waals surface area contributed by atoms with Crippen molar-refractivity contribution in [1.82, 2.24) is 0 Å². The van der Waals surface area contributed by atoms with E-state index in [2.05, 4.69) is 17.6 Å². The van der Waals surface area contributed by atoms with Gasteiger partial charge in [0.15, 0.2) is 11.1 Å². The third-order valence-electron chi connectivity index (χ3n) is 1.07. The molecule has 0 aliphatic heterocycles. The highest BCUT2D eigenvalue weighted by atomic mass is 32.2. The first-order valence-corrected chi connectivity index (χ1v) is 6.24. The van der Waals surface area contributed by atoms with Crippen LogP contribution in [0.4, 0.5) is 0 Å². The summed E-state index contributed by atoms with van der Waals surface area (Å²) in [6.07, 6.45) is 1.18. The zero-order valence-corrected chi connectivity index (χ0v) is 10.1. The maximum atomic E-state index is 11.0. The monoisotopic (exact) mass is 274 g/mol. The molecule has 0 aromatic carbocycles. The number of rotatable bonds is 9. The fraction of sp³-hybridized carbons (Fsp3) is 0.667. The van der Waals surface area contributed by atoms with Gasteiger partial charge in [-0.3, -0.25) is 18.0 Å². The highest BCUT2D eigenvalue weighted by Crippen LogP contribution is 1.90. The number of carbonyl (C=O) groups excluding carboxylic acids is 2. The van der Waals surface area contributed by atoms with Gasteiger partial charge in [-0.15, -0.1) is 4.33 Å². The van der Waals surface area contributed by atoms with Gasteiger partial charge < -0.3 is 0 Å². The van der Waals surface area contributed by atoms with E-state index in [1.165, 1.54) is 6.26 Å². The highest BCUT2D eigenvalue weighted by Gasteiger charge is 2.16. The molecule has 0 bridgehead atoms. The molecule has 0 unspecified atom stereocenters. The van der Waals surface area contributed by atoms with Gasteiger partial charge in [-0.1, -0.05) is 0 Å². The van der Waals surface area contributed by atoms with Crippen LogP contribution in [-0.2, 0) is 49.6 Å². The molecule has 0 fully saturated rings. The predicted molar refractivity (Wildman–Crippen MR) is 52.2 cm³/mol. The first-order chi connectivity index (χ1) is 7.47. The minimum absolute atomic E-state index is 0.693. The van der Waals surface area contributed by atoms with Crippen molar-refractivity contribution in [2.45, 2.75) is 0 Å². The second-order valence-corrected chi connectivity index (χ2v) is 4.13. The third-order valence-corrected chi connectivity index (χ3v) is 1.94. The second-order valence-electron chi connectivity index (χ2n) is 2.21. The zero-order chi connectivity index (χ0) is 12.6. The van der Waals surface area contributed by atoms with Crippen LogP contribution in [-0.4, -0.2) is 46.6 Å². The summed E-state index contributed by atoms with van der Waals surface area (Å²) in [4.78, 5) is 26.1. The Morgan fingerprint density at radius 3 is 2.19 bits per heavy atom. The summed E-state index contributed by atoms with van der Waals surface area (Å²) in [5, 5.41) is 0. The quantitative estimate of drug-likeness (QED) is 0.287. The Bertz CT molecular complexity index is 301. The molecule has 0 radical (unpaired) electrons. The number of hydrogen-bond donors (Lipinski definition) is 0. The van der Waals surface area contributed by atoms with Crippen molar-refractivity contribution in [3.8, 4) is 0 Å². The largest absolute Gasteiger partial charge is 0.304 e. The average molecular weight is 274 g/mol. The van der Waals surface area contributed by atoms with Gasteiger partial charge in [-0.2, -0.15) is 4.21 Å². The van der Waals surface area contributed by atoms with Gasteiger partial charge in [0, 0.05) is 6.26 Å². The second kappa shape index (κ2) is 8.61. The van der Waals surface area contributed by atoms with Gasteiger partial charge in [0.1, 0.15) is 13.2 Å². The summed E-state index contributed by atoms with van der Waals surface area (Å²) < 4.78 is 33.5. The van der Waals surface area contributed by atoms with Crippen LogP contribution >= 0.6 is 0 Å². The summed E-state index contributed by atoms with van der Waals surface area (Å²) in [5.41, 5.74) is 0. The van der Waals surface area contributed by atoms with E-state index in [-0.39, 0.29) is 0 Å². The molecule has 0 amide bonds. The molecule has 0 saturated carbocycles. The van der Waals surface area contributed by atoms with Crippen molar-refractivity contribution >= 4 is 34.0 Å². The molecule has 8 nitrogen and oxygen atoms in total. The Labute approximate surface area is 96.6 Å². The smallest absolute Gasteiger partial charge is 0.288 e. The Hall–Kier alpha value is -0.520. The minimum atomic E-state index is -2.07. The lowest BCUT2D eigenvalue weighted by atomic mass is 10.3. The Morgan fingerprint density at radius 2 is 1.69 bits per heavy atom. The van der Waals surface area contributed by atoms with E-state index in [9.17, 15) is 18.0 Å². The van der Waals surface area contributed by atoms with Gasteiger partial charge in [-0.25, -0.2) is 9.10 Å². The van der Waals surface area contributed by atoms with Gasteiger partial charge in [-0.05, 0) is 0 Å². The molecule has 0 aliphatic carbocycles. The van der Waals surface area contributed by atoms with Crippen LogP contribution in [0.5, 0.6) is 0 Å². The molecule has 0 N–H and O–H groups in total. The van der Waals surface area contributed by atoms with Crippen molar-refractivity contribution in [3.63, 3.8) is 0 Å². The molecule has 0 aromatic heterocycles. The molecule has 2 atom stereocenters. The molecule has 94 valence electrons. The van der Waals surface area contributed by atoms with Crippen LogP contribution in [0.15, 0.2) is 0 Å². The van der Waals surface area contributed by atoms with Gasteiger partial charge in [0.05, 0.1) is 7.11 Å². The fourth-order valence-electron chi connectivity index (χ4n) is 0.456. The summed E-state index contributed by atoms with van der Waals surface area (Å²) in [6.45, 7) is -1.39. The lowest BCUT2D eigenvalue weighted by molar-refractivity contribution is -0.197. The van der Waals surface area contributed by atoms with Crippen molar-refractivity contribution in [2.24, 2.45) is 0 Å². The van der Waals surface area contributed by atoms with Crippen LogP contribution in [0.3, 0.4) is 0 Å². The van der Waals surface area contributed by atoms with E-state index < -0.39 is 47.2 Å². The topological polar surface area (TPSA) is 105 Å². The van der Waals surface area contributed by atoms with E-state index in [1.54, 1.807) is 0 Å². The van der Waals surface area contributed by atoms with Crippen LogP contribution in [0.2, 0.25) is 0 Å². The van der Waals surface area contributed by atoms with Gasteiger partial charge in [0.25, 0.3) is 0 Å². The lowest BCUT2D eigenvalue weighted by Crippen LogP contribution is -2.25. The summed E-state index contributed by atoms with van der Waals surface area (Å²) in [6, 6.07) is 0. The molecule has 0 heterocycles. The van der Waals surface area contributed by atoms with E-state index in [4.69, 9.17) is 0 Å². The first kappa shape index (κ1) is 15.5. The van der Waals surface area contributed by atoms with Crippen molar-refractivity contribution in [3.05, 3.63) is 0 Å². The van der Waals surface area contributed by atoms with E-state index in [1.807, 2.05) is 0 Å². The molecule has 0 saturated heterocycles. The number of Topliss-reactive ketones (excluding diaryl/α,β-unsaturated/α-hetero) is 2. The number of carbonyl (C=O) groups is 2. The zero-order valence-electron chi connectivity index (χ0n) is 8.50. The third kappa shape index (κ3) is 7.73. The molecular weight excluding hydrogens is 264 g/mol. The van der Waals surface area contributed by atoms with Crippen LogP contribution < -0.4 is 0 Å². The minimum Gasteiger partial charge on any atom is -0.288 e. The van der Waals surface area contributed by atoms with Crippen LogP contribution in [0.25, 0.3) is 0 Å². The van der Waals surface area contributed by atoms with E-state index in [0.717, 1.165) is 7.11 Å². The van der Waals surface area contributed by atoms with Crippen LogP contribution in [0, 0.1) is 0 Å². The van der Waals surface area contributed by atoms with Crippen molar-refractivity contribution in [1.29, 1.82) is 0 Å². The lowest BCUT2D eigenvalue weighted by Gasteiger charge is -2.00. The van der Waals surface area contributed by atoms with Crippen molar-refractivity contribution < 1.29 is 35.6 Å². The molecular formula is C6H10O8S2. The summed E-state index contributed by atoms with van der Waals surface area (Å²) >= 11 is -3.76. The number of hydrogen-bond acceptors (Lipinski definition) is 8. The molecule has 0 aliphatic rings. The van der Waals surface area contributed by atoms with Crippen LogP contribution in [0.1, 0.15) is 0 Å². The maximum Gasteiger partial charge on any atom is 0.304 e. The standard InChI is InChI=1S/C6H10O8S2/c1-11-16(10)13-4-6(8)5(7)3-12-14-15(2)9/h3-4H2,1-2H3/t15-,16+/m1/s1. The average Bonchev–Trinajstić information content (AvgIpc) is 2.24. The first-order valence-electron chi connectivity index (χ1n) is 3.76. The number of ketones is 2. The van der Waals surface area contributed by atoms with E-state index >= 15 is 0 Å². The van der Waals surface area contributed by atoms with Gasteiger partial charge >= 0.3 is 11.4 Å². The normalized spacial score (nSPS) is 14.4. The Morgan fingerprint density at radius 1 is 1.12 bits per heavy atom. The molecule has 0 aromatic rings. The highest BCUT2D eigenvalue weighted by molar-refractivity contribution is 7.79.